The number of nitrogens with two attached hydrogens (primary N) is 2. The van der Waals surface area contributed by atoms with Crippen LogP contribution in [0, 0.1) is 12.8 Å². The Hall–Kier alpha value is -2.48. The first kappa shape index (κ1) is 20.6. The van der Waals surface area contributed by atoms with Gasteiger partial charge in [-0.2, -0.15) is 5.10 Å². The number of amidine groups is 1. The number of carboxylic acids is 1. The van der Waals surface area contributed by atoms with E-state index in [4.69, 9.17) is 21.5 Å². The molecule has 1 aliphatic rings. The molecule has 0 saturated heterocycles. The molecule has 8 heteroatoms. The average Bonchev–Trinajstić information content (AvgIpc) is 2.83. The predicted octanol–water partition coefficient (Wildman–Crippen LogP) is 1.80. The van der Waals surface area contributed by atoms with Gasteiger partial charge in [0.25, 0.3) is 0 Å². The van der Waals surface area contributed by atoms with E-state index in [9.17, 15) is 4.79 Å². The fraction of sp³-hybridized carbons (Fsp3) is 0.529. The van der Waals surface area contributed by atoms with Gasteiger partial charge in [0.1, 0.15) is 11.6 Å². The molecule has 25 heavy (non-hydrogen) atoms. The fourth-order valence-electron chi connectivity index (χ4n) is 2.43. The zero-order valence-electron chi connectivity index (χ0n) is 14.9. The van der Waals surface area contributed by atoms with E-state index in [0.29, 0.717) is 12.3 Å². The van der Waals surface area contributed by atoms with E-state index in [1.165, 1.54) is 5.56 Å². The minimum absolute atomic E-state index is 0.246. The molecule has 140 valence electrons. The molecule has 0 aliphatic carbocycles. The standard InChI is InChI=1S/C10H13NO.C7H16N4O2/c1-8-3-4-10-9(7-8)11-5-2-6-12-10;1-2-3-5(7(12)13)4-6(10-8)11-9/h3-4,7,11H,2,5-6H2,1H3;5H,2-4,8-9H2,1H3,(H,10,11)(H,12,13). The van der Waals surface area contributed by atoms with Gasteiger partial charge in [-0.05, 0) is 37.5 Å². The van der Waals surface area contributed by atoms with Gasteiger partial charge in [-0.3, -0.25) is 4.79 Å². The Morgan fingerprint density at radius 1 is 1.52 bits per heavy atom. The monoisotopic (exact) mass is 351 g/mol. The number of ether oxygens (including phenoxy) is 1. The number of hydrazone groups is 1. The van der Waals surface area contributed by atoms with Crippen LogP contribution in [0.15, 0.2) is 23.3 Å². The second kappa shape index (κ2) is 11.1. The highest BCUT2D eigenvalue weighted by molar-refractivity contribution is 5.85. The van der Waals surface area contributed by atoms with Crippen LogP contribution in [0.25, 0.3) is 0 Å². The Labute approximate surface area is 148 Å². The third-order valence-electron chi connectivity index (χ3n) is 3.78. The van der Waals surface area contributed by atoms with Crippen LogP contribution in [0.2, 0.25) is 0 Å². The maximum atomic E-state index is 10.7. The second-order valence-corrected chi connectivity index (χ2v) is 5.88. The highest BCUT2D eigenvalue weighted by Crippen LogP contribution is 2.27. The van der Waals surface area contributed by atoms with E-state index < -0.39 is 11.9 Å². The molecule has 1 atom stereocenters. The summed E-state index contributed by atoms with van der Waals surface area (Å²) < 4.78 is 5.54. The third-order valence-corrected chi connectivity index (χ3v) is 3.78. The number of carboxylic acid groups (broad SMARTS) is 1. The number of hydrazine groups is 1. The molecule has 1 heterocycles. The summed E-state index contributed by atoms with van der Waals surface area (Å²) in [7, 11) is 0. The number of fused-ring (bicyclic) bond motifs is 1. The van der Waals surface area contributed by atoms with Crippen LogP contribution in [-0.2, 0) is 4.79 Å². The lowest BCUT2D eigenvalue weighted by molar-refractivity contribution is -0.141. The molecule has 0 fully saturated rings. The van der Waals surface area contributed by atoms with Crippen molar-refractivity contribution in [2.24, 2.45) is 22.7 Å². The number of hydrogen-bond donors (Lipinski definition) is 5. The number of anilines is 1. The number of aryl methyl sites for hydroxylation is 1. The number of nitrogens with one attached hydrogen (secondary N) is 2. The van der Waals surface area contributed by atoms with Crippen LogP contribution in [0.3, 0.4) is 0 Å². The molecule has 0 aromatic heterocycles. The maximum absolute atomic E-state index is 10.7. The molecule has 0 saturated carbocycles. The van der Waals surface area contributed by atoms with Crippen molar-refractivity contribution < 1.29 is 14.6 Å². The number of benzene rings is 1. The van der Waals surface area contributed by atoms with E-state index in [0.717, 1.165) is 37.4 Å². The molecule has 1 unspecified atom stereocenters. The quantitative estimate of drug-likeness (QED) is 0.236. The van der Waals surface area contributed by atoms with Crippen molar-refractivity contribution in [2.45, 2.75) is 39.5 Å². The summed E-state index contributed by atoms with van der Waals surface area (Å²) in [6, 6.07) is 6.23. The molecule has 7 N–H and O–H groups in total. The van der Waals surface area contributed by atoms with Gasteiger partial charge in [0, 0.05) is 13.0 Å². The Morgan fingerprint density at radius 3 is 2.88 bits per heavy atom. The molecule has 1 aliphatic heterocycles. The molecule has 0 bridgehead atoms. The predicted molar refractivity (Wildman–Crippen MR) is 99.4 cm³/mol. The van der Waals surface area contributed by atoms with E-state index in [1.54, 1.807) is 0 Å². The number of hydrogen-bond acceptors (Lipinski definition) is 6. The zero-order chi connectivity index (χ0) is 18.7. The van der Waals surface area contributed by atoms with Crippen LogP contribution in [0.1, 0.15) is 38.2 Å². The molecule has 0 spiro atoms. The first-order valence-corrected chi connectivity index (χ1v) is 8.45. The third kappa shape index (κ3) is 7.30. The first-order chi connectivity index (χ1) is 12.0. The number of carbonyl (C=O) groups is 1. The van der Waals surface area contributed by atoms with Gasteiger partial charge in [0.2, 0.25) is 0 Å². The van der Waals surface area contributed by atoms with Gasteiger partial charge < -0.3 is 26.4 Å². The van der Waals surface area contributed by atoms with E-state index >= 15 is 0 Å². The van der Waals surface area contributed by atoms with Crippen molar-refractivity contribution in [3.8, 4) is 5.75 Å². The van der Waals surface area contributed by atoms with Gasteiger partial charge in [-0.25, -0.2) is 5.84 Å². The Bertz CT molecular complexity index is 577. The minimum atomic E-state index is -0.849. The molecule has 0 amide bonds. The maximum Gasteiger partial charge on any atom is 0.306 e. The van der Waals surface area contributed by atoms with Crippen molar-refractivity contribution in [2.75, 3.05) is 18.5 Å². The summed E-state index contributed by atoms with van der Waals surface area (Å²) in [6.07, 6.45) is 2.72. The first-order valence-electron chi connectivity index (χ1n) is 8.45. The fourth-order valence-corrected chi connectivity index (χ4v) is 2.43. The molecular weight excluding hydrogens is 322 g/mol. The van der Waals surface area contributed by atoms with Gasteiger partial charge >= 0.3 is 5.97 Å². The topological polar surface area (TPSA) is 135 Å². The van der Waals surface area contributed by atoms with Crippen LogP contribution >= 0.6 is 0 Å². The Balaban J connectivity index is 0.000000250. The van der Waals surface area contributed by atoms with Crippen LogP contribution in [0.4, 0.5) is 5.69 Å². The lowest BCUT2D eigenvalue weighted by atomic mass is 10.00. The largest absolute Gasteiger partial charge is 0.491 e. The van der Waals surface area contributed by atoms with E-state index in [1.807, 2.05) is 13.0 Å². The van der Waals surface area contributed by atoms with Crippen molar-refractivity contribution in [1.29, 1.82) is 0 Å². The summed E-state index contributed by atoms with van der Waals surface area (Å²) in [4.78, 5) is 10.7. The summed E-state index contributed by atoms with van der Waals surface area (Å²) in [6.45, 7) is 5.84. The Morgan fingerprint density at radius 2 is 2.28 bits per heavy atom. The lowest BCUT2D eigenvalue weighted by Gasteiger charge is -2.11. The van der Waals surface area contributed by atoms with Gasteiger partial charge in [-0.15, -0.1) is 0 Å². The molecule has 1 aromatic carbocycles. The van der Waals surface area contributed by atoms with Crippen LogP contribution in [-0.4, -0.2) is 30.1 Å². The summed E-state index contributed by atoms with van der Waals surface area (Å²) in [5.41, 5.74) is 4.66. The summed E-state index contributed by atoms with van der Waals surface area (Å²) >= 11 is 0. The molecule has 0 radical (unpaired) electrons. The minimum Gasteiger partial charge on any atom is -0.491 e. The van der Waals surface area contributed by atoms with Crippen molar-refractivity contribution in [3.05, 3.63) is 23.8 Å². The molecule has 8 nitrogen and oxygen atoms in total. The SMILES string of the molecule is CCCC(C/C(=N/N)NN)C(=O)O.Cc1ccc2c(c1)NCCCO2. The highest BCUT2D eigenvalue weighted by atomic mass is 16.5. The van der Waals surface area contributed by atoms with Gasteiger partial charge in [0.15, 0.2) is 0 Å². The summed E-state index contributed by atoms with van der Waals surface area (Å²) in [5, 5.41) is 15.4. The summed E-state index contributed by atoms with van der Waals surface area (Å²) in [5.74, 6) is 10.0. The molecule has 1 aromatic rings. The normalized spacial score (nSPS) is 14.6. The number of rotatable bonds is 5. The van der Waals surface area contributed by atoms with E-state index in [-0.39, 0.29) is 6.42 Å². The van der Waals surface area contributed by atoms with Crippen molar-refractivity contribution >= 4 is 17.5 Å². The average molecular weight is 351 g/mol. The molecule has 2 rings (SSSR count). The van der Waals surface area contributed by atoms with Gasteiger partial charge in [-0.1, -0.05) is 19.4 Å². The Kier molecular flexibility index (Phi) is 9.16. The lowest BCUT2D eigenvalue weighted by Crippen LogP contribution is -2.34. The van der Waals surface area contributed by atoms with Crippen molar-refractivity contribution in [3.63, 3.8) is 0 Å². The highest BCUT2D eigenvalue weighted by Gasteiger charge is 2.18. The molecular formula is C17H29N5O3. The number of nitrogens with zero attached hydrogens (tertiary/aromatic N) is 1. The zero-order valence-corrected chi connectivity index (χ0v) is 14.9. The smallest absolute Gasteiger partial charge is 0.306 e. The van der Waals surface area contributed by atoms with Crippen LogP contribution < -0.4 is 27.2 Å². The second-order valence-electron chi connectivity index (χ2n) is 5.88. The van der Waals surface area contributed by atoms with Crippen LogP contribution in [0.5, 0.6) is 5.75 Å². The van der Waals surface area contributed by atoms with Gasteiger partial charge in [0.05, 0.1) is 18.2 Å². The van der Waals surface area contributed by atoms with Crippen molar-refractivity contribution in [1.82, 2.24) is 5.43 Å². The number of aliphatic carboxylic acids is 1. The van der Waals surface area contributed by atoms with E-state index in [2.05, 4.69) is 34.9 Å².